The highest BCUT2D eigenvalue weighted by Crippen LogP contribution is 2.19. The highest BCUT2D eigenvalue weighted by atomic mass is 35.5. The molecule has 1 rings (SSSR count). The van der Waals surface area contributed by atoms with E-state index in [2.05, 4.69) is 10.3 Å². The van der Waals surface area contributed by atoms with Gasteiger partial charge in [0, 0.05) is 30.3 Å². The van der Waals surface area contributed by atoms with Crippen LogP contribution in [0, 0.1) is 0 Å². The fourth-order valence-electron chi connectivity index (χ4n) is 1.09. The van der Waals surface area contributed by atoms with Crippen molar-refractivity contribution in [3.63, 3.8) is 0 Å². The molecule has 4 nitrogen and oxygen atoms in total. The van der Waals surface area contributed by atoms with Crippen LogP contribution in [0.5, 0.6) is 5.75 Å². The van der Waals surface area contributed by atoms with Crippen molar-refractivity contribution in [3.8, 4) is 5.75 Å². The molecule has 16 heavy (non-hydrogen) atoms. The maximum atomic E-state index is 10.6. The molecule has 0 atom stereocenters. The van der Waals surface area contributed by atoms with E-state index in [9.17, 15) is 9.90 Å². The first-order chi connectivity index (χ1) is 7.59. The number of nitrogens with one attached hydrogen (secondary N) is 1. The van der Waals surface area contributed by atoms with Crippen LogP contribution in [0.2, 0.25) is 5.02 Å². The lowest BCUT2D eigenvalue weighted by Gasteiger charge is -1.99. The van der Waals surface area contributed by atoms with Crippen LogP contribution in [0.3, 0.4) is 0 Å². The minimum atomic E-state index is -0.0826. The van der Waals surface area contributed by atoms with Gasteiger partial charge in [0.25, 0.3) is 0 Å². The molecule has 0 aliphatic heterocycles. The molecule has 0 spiro atoms. The number of carbonyl (C=O) groups excluding carboxylic acids is 1. The van der Waals surface area contributed by atoms with Crippen molar-refractivity contribution in [1.82, 2.24) is 5.32 Å². The molecular weight excluding hydrogens is 228 g/mol. The van der Waals surface area contributed by atoms with Crippen LogP contribution in [0.1, 0.15) is 12.5 Å². The summed E-state index contributed by atoms with van der Waals surface area (Å²) in [6, 6.07) is 4.74. The molecule has 1 aromatic carbocycles. The van der Waals surface area contributed by atoms with Crippen molar-refractivity contribution in [2.24, 2.45) is 4.99 Å². The number of amides is 1. The van der Waals surface area contributed by atoms with Gasteiger partial charge in [-0.2, -0.15) is 0 Å². The van der Waals surface area contributed by atoms with Crippen molar-refractivity contribution >= 4 is 23.7 Å². The van der Waals surface area contributed by atoms with Gasteiger partial charge in [-0.05, 0) is 18.2 Å². The summed E-state index contributed by atoms with van der Waals surface area (Å²) in [5, 5.41) is 12.6. The molecule has 0 fully saturated rings. The van der Waals surface area contributed by atoms with Gasteiger partial charge in [-0.25, -0.2) is 0 Å². The van der Waals surface area contributed by atoms with Gasteiger partial charge in [-0.1, -0.05) is 11.6 Å². The number of hydrogen-bond donors (Lipinski definition) is 2. The van der Waals surface area contributed by atoms with Gasteiger partial charge >= 0.3 is 0 Å². The fraction of sp³-hybridized carbons (Fsp3) is 0.273. The summed E-state index contributed by atoms with van der Waals surface area (Å²) in [6.45, 7) is 2.39. The molecule has 0 aliphatic rings. The van der Waals surface area contributed by atoms with E-state index in [1.807, 2.05) is 0 Å². The van der Waals surface area contributed by atoms with Crippen molar-refractivity contribution in [2.45, 2.75) is 6.92 Å². The quantitative estimate of drug-likeness (QED) is 0.620. The first kappa shape index (κ1) is 12.5. The highest BCUT2D eigenvalue weighted by molar-refractivity contribution is 6.30. The van der Waals surface area contributed by atoms with Crippen molar-refractivity contribution in [2.75, 3.05) is 13.1 Å². The molecule has 0 aliphatic carbocycles. The lowest BCUT2D eigenvalue weighted by atomic mass is 10.2. The van der Waals surface area contributed by atoms with Crippen LogP contribution in [0.15, 0.2) is 23.2 Å². The first-order valence-corrected chi connectivity index (χ1v) is 5.20. The van der Waals surface area contributed by atoms with E-state index < -0.39 is 0 Å². The molecule has 2 N–H and O–H groups in total. The Balaban J connectivity index is 2.49. The van der Waals surface area contributed by atoms with Gasteiger partial charge < -0.3 is 10.4 Å². The zero-order chi connectivity index (χ0) is 12.0. The number of aliphatic imine (C=N–C) groups is 1. The van der Waals surface area contributed by atoms with Crippen molar-refractivity contribution in [1.29, 1.82) is 0 Å². The smallest absolute Gasteiger partial charge is 0.216 e. The molecule has 1 amide bonds. The van der Waals surface area contributed by atoms with Gasteiger partial charge in [-0.15, -0.1) is 0 Å². The third-order valence-electron chi connectivity index (χ3n) is 1.83. The van der Waals surface area contributed by atoms with Crippen LogP contribution >= 0.6 is 11.6 Å². The Morgan fingerprint density at radius 3 is 3.06 bits per heavy atom. The minimum Gasteiger partial charge on any atom is -0.507 e. The number of rotatable bonds is 4. The standard InChI is InChI=1S/C11H13ClN2O2/c1-8(15)14-5-4-13-7-9-6-10(12)2-3-11(9)16/h2-3,6-7,16H,4-5H2,1H3,(H,14,15). The summed E-state index contributed by atoms with van der Waals surface area (Å²) in [7, 11) is 0. The molecular formula is C11H13ClN2O2. The van der Waals surface area contributed by atoms with Crippen molar-refractivity contribution in [3.05, 3.63) is 28.8 Å². The number of hydrogen-bond acceptors (Lipinski definition) is 3. The van der Waals surface area contributed by atoms with E-state index in [0.717, 1.165) is 0 Å². The Bertz CT molecular complexity index is 405. The van der Waals surface area contributed by atoms with Gasteiger partial charge in [0.2, 0.25) is 5.91 Å². The van der Waals surface area contributed by atoms with E-state index in [1.165, 1.54) is 19.2 Å². The zero-order valence-corrected chi connectivity index (χ0v) is 9.66. The summed E-state index contributed by atoms with van der Waals surface area (Å²) in [4.78, 5) is 14.6. The third-order valence-corrected chi connectivity index (χ3v) is 2.07. The molecule has 1 aromatic rings. The number of phenols is 1. The fourth-order valence-corrected chi connectivity index (χ4v) is 1.27. The monoisotopic (exact) mass is 240 g/mol. The molecule has 0 saturated carbocycles. The molecule has 86 valence electrons. The normalized spacial score (nSPS) is 10.6. The Labute approximate surface area is 99.0 Å². The minimum absolute atomic E-state index is 0.0826. The van der Waals surface area contributed by atoms with Crippen molar-refractivity contribution < 1.29 is 9.90 Å². The molecule has 0 bridgehead atoms. The van der Waals surface area contributed by atoms with Crippen LogP contribution in [0.25, 0.3) is 0 Å². The maximum absolute atomic E-state index is 10.6. The van der Waals surface area contributed by atoms with Crippen LogP contribution in [0.4, 0.5) is 0 Å². The molecule has 0 radical (unpaired) electrons. The van der Waals surface area contributed by atoms with Gasteiger partial charge in [0.15, 0.2) is 0 Å². The second kappa shape index (κ2) is 6.12. The second-order valence-electron chi connectivity index (χ2n) is 3.22. The van der Waals surface area contributed by atoms with Crippen LogP contribution < -0.4 is 5.32 Å². The highest BCUT2D eigenvalue weighted by Gasteiger charge is 1.98. The molecule has 0 saturated heterocycles. The van der Waals surface area contributed by atoms with E-state index in [4.69, 9.17) is 11.6 Å². The number of benzene rings is 1. The number of aromatic hydroxyl groups is 1. The molecule has 0 aromatic heterocycles. The predicted molar refractivity (Wildman–Crippen MR) is 64.3 cm³/mol. The number of nitrogens with zero attached hydrogens (tertiary/aromatic N) is 1. The second-order valence-corrected chi connectivity index (χ2v) is 3.66. The third kappa shape index (κ3) is 4.31. The summed E-state index contributed by atoms with van der Waals surface area (Å²) in [5.74, 6) is 0.0495. The number of phenolic OH excluding ortho intramolecular Hbond substituents is 1. The Hall–Kier alpha value is -1.55. The SMILES string of the molecule is CC(=O)NCCN=Cc1cc(Cl)ccc1O. The maximum Gasteiger partial charge on any atom is 0.216 e. The summed E-state index contributed by atoms with van der Waals surface area (Å²) in [6.07, 6.45) is 1.53. The lowest BCUT2D eigenvalue weighted by molar-refractivity contribution is -0.118. The van der Waals surface area contributed by atoms with Crippen LogP contribution in [-0.4, -0.2) is 30.3 Å². The largest absolute Gasteiger partial charge is 0.507 e. The van der Waals surface area contributed by atoms with E-state index in [1.54, 1.807) is 12.1 Å². The Morgan fingerprint density at radius 1 is 1.62 bits per heavy atom. The van der Waals surface area contributed by atoms with E-state index in [-0.39, 0.29) is 11.7 Å². The van der Waals surface area contributed by atoms with E-state index in [0.29, 0.717) is 23.7 Å². The van der Waals surface area contributed by atoms with E-state index >= 15 is 0 Å². The average Bonchev–Trinajstić information content (AvgIpc) is 2.22. The first-order valence-electron chi connectivity index (χ1n) is 4.82. The van der Waals surface area contributed by atoms with Gasteiger partial charge in [-0.3, -0.25) is 9.79 Å². The number of carbonyl (C=O) groups is 1. The molecule has 0 unspecified atom stereocenters. The molecule has 5 heteroatoms. The summed E-state index contributed by atoms with van der Waals surface area (Å²) < 4.78 is 0. The predicted octanol–water partition coefficient (Wildman–Crippen LogP) is 1.60. The summed E-state index contributed by atoms with van der Waals surface area (Å²) >= 11 is 5.77. The van der Waals surface area contributed by atoms with Crippen LogP contribution in [-0.2, 0) is 4.79 Å². The average molecular weight is 241 g/mol. The number of halogens is 1. The van der Waals surface area contributed by atoms with Gasteiger partial charge in [0.05, 0.1) is 6.54 Å². The lowest BCUT2D eigenvalue weighted by Crippen LogP contribution is -2.22. The topological polar surface area (TPSA) is 61.7 Å². The Kier molecular flexibility index (Phi) is 4.79. The van der Waals surface area contributed by atoms with Gasteiger partial charge in [0.1, 0.15) is 5.75 Å². The molecule has 0 heterocycles. The Morgan fingerprint density at radius 2 is 2.38 bits per heavy atom. The summed E-state index contributed by atoms with van der Waals surface area (Å²) in [5.41, 5.74) is 0.565. The zero-order valence-electron chi connectivity index (χ0n) is 8.90.